The minimum absolute atomic E-state index is 0.245. The molecular weight excluding hydrogens is 278 g/mol. The maximum atomic E-state index is 5.50. The Morgan fingerprint density at radius 1 is 1.00 bits per heavy atom. The summed E-state index contributed by atoms with van der Waals surface area (Å²) >= 11 is 1.87. The molecule has 0 aliphatic heterocycles. The van der Waals surface area contributed by atoms with Gasteiger partial charge in [-0.1, -0.05) is 17.7 Å². The van der Waals surface area contributed by atoms with E-state index in [4.69, 9.17) is 4.74 Å². The maximum absolute atomic E-state index is 5.50. The molecule has 1 aromatic heterocycles. The molecule has 0 spiro atoms. The summed E-state index contributed by atoms with van der Waals surface area (Å²) in [5, 5.41) is 3.70. The third-order valence-corrected chi connectivity index (χ3v) is 4.88. The molecule has 0 aliphatic carbocycles. The predicted molar refractivity (Wildman–Crippen MR) is 91.5 cm³/mol. The first-order chi connectivity index (χ1) is 9.92. The van der Waals surface area contributed by atoms with Gasteiger partial charge in [-0.05, 0) is 52.3 Å². The zero-order chi connectivity index (χ0) is 15.6. The van der Waals surface area contributed by atoms with Crippen LogP contribution in [0.15, 0.2) is 24.3 Å². The van der Waals surface area contributed by atoms with Crippen molar-refractivity contribution in [3.63, 3.8) is 0 Å². The maximum Gasteiger partial charge on any atom is 0.123 e. The van der Waals surface area contributed by atoms with Gasteiger partial charge in [0.05, 0.1) is 7.11 Å². The molecule has 0 amide bonds. The molecular formula is C18H25NOS. The second-order valence-electron chi connectivity index (χ2n) is 5.72. The third kappa shape index (κ3) is 3.66. The van der Waals surface area contributed by atoms with Crippen LogP contribution in [0.4, 0.5) is 0 Å². The molecule has 0 bridgehead atoms. The molecule has 2 nitrogen and oxygen atoms in total. The van der Waals surface area contributed by atoms with Gasteiger partial charge in [-0.2, -0.15) is 0 Å². The molecule has 3 heteroatoms. The highest BCUT2D eigenvalue weighted by Crippen LogP contribution is 2.31. The zero-order valence-electron chi connectivity index (χ0n) is 13.8. The Labute approximate surface area is 132 Å². The zero-order valence-corrected chi connectivity index (χ0v) is 14.6. The van der Waals surface area contributed by atoms with Gasteiger partial charge in [0.25, 0.3) is 0 Å². The Morgan fingerprint density at radius 3 is 2.24 bits per heavy atom. The van der Waals surface area contributed by atoms with Crippen LogP contribution >= 0.6 is 11.3 Å². The van der Waals surface area contributed by atoms with E-state index >= 15 is 0 Å². The van der Waals surface area contributed by atoms with Crippen molar-refractivity contribution in [2.75, 3.05) is 7.11 Å². The van der Waals surface area contributed by atoms with Crippen LogP contribution < -0.4 is 10.1 Å². The molecule has 1 aromatic carbocycles. The molecule has 1 N–H and O–H groups in total. The monoisotopic (exact) mass is 303 g/mol. The highest BCUT2D eigenvalue weighted by atomic mass is 32.1. The van der Waals surface area contributed by atoms with E-state index in [0.29, 0.717) is 6.04 Å². The average Bonchev–Trinajstić information content (AvgIpc) is 2.77. The SMILES string of the molecule is COc1ccc(C)cc1C(C)NC(C)c1cc(C)sc1C. The molecule has 1 heterocycles. The van der Waals surface area contributed by atoms with Gasteiger partial charge in [0, 0.05) is 27.4 Å². The summed E-state index contributed by atoms with van der Waals surface area (Å²) < 4.78 is 5.50. The summed E-state index contributed by atoms with van der Waals surface area (Å²) in [5.41, 5.74) is 3.87. The number of rotatable bonds is 5. The predicted octanol–water partition coefficient (Wildman–Crippen LogP) is 5.09. The molecule has 2 rings (SSSR count). The van der Waals surface area contributed by atoms with E-state index in [1.165, 1.54) is 26.4 Å². The number of methoxy groups -OCH3 is 1. The Bertz CT molecular complexity index is 618. The van der Waals surface area contributed by atoms with Crippen LogP contribution in [0, 0.1) is 20.8 Å². The molecule has 0 fully saturated rings. The second-order valence-corrected chi connectivity index (χ2v) is 7.18. The van der Waals surface area contributed by atoms with Crippen molar-refractivity contribution in [2.24, 2.45) is 0 Å². The van der Waals surface area contributed by atoms with E-state index in [9.17, 15) is 0 Å². The number of hydrogen-bond donors (Lipinski definition) is 1. The molecule has 0 saturated carbocycles. The van der Waals surface area contributed by atoms with Gasteiger partial charge in [0.15, 0.2) is 0 Å². The lowest BCUT2D eigenvalue weighted by molar-refractivity contribution is 0.396. The summed E-state index contributed by atoms with van der Waals surface area (Å²) in [6.07, 6.45) is 0. The van der Waals surface area contributed by atoms with E-state index in [0.717, 1.165) is 5.75 Å². The summed E-state index contributed by atoms with van der Waals surface area (Å²) in [4.78, 5) is 2.77. The molecule has 0 radical (unpaired) electrons. The molecule has 2 atom stereocenters. The minimum atomic E-state index is 0.245. The number of thiophene rings is 1. The van der Waals surface area contributed by atoms with Crippen molar-refractivity contribution in [1.29, 1.82) is 0 Å². The first-order valence-corrected chi connectivity index (χ1v) is 8.21. The second kappa shape index (κ2) is 6.63. The van der Waals surface area contributed by atoms with E-state index < -0.39 is 0 Å². The van der Waals surface area contributed by atoms with Crippen LogP contribution in [0.2, 0.25) is 0 Å². The van der Waals surface area contributed by atoms with E-state index in [-0.39, 0.29) is 6.04 Å². The van der Waals surface area contributed by atoms with Crippen molar-refractivity contribution >= 4 is 11.3 Å². The lowest BCUT2D eigenvalue weighted by atomic mass is 10.0. The van der Waals surface area contributed by atoms with Gasteiger partial charge >= 0.3 is 0 Å². The molecule has 0 aliphatic rings. The summed E-state index contributed by atoms with van der Waals surface area (Å²) in [7, 11) is 1.73. The van der Waals surface area contributed by atoms with Gasteiger partial charge in [-0.3, -0.25) is 0 Å². The van der Waals surface area contributed by atoms with Crippen LogP contribution in [-0.2, 0) is 0 Å². The number of ether oxygens (including phenoxy) is 1. The Balaban J connectivity index is 2.19. The highest BCUT2D eigenvalue weighted by molar-refractivity contribution is 7.12. The van der Waals surface area contributed by atoms with Gasteiger partial charge < -0.3 is 10.1 Å². The lowest BCUT2D eigenvalue weighted by Crippen LogP contribution is -2.23. The van der Waals surface area contributed by atoms with Crippen molar-refractivity contribution in [3.8, 4) is 5.75 Å². The van der Waals surface area contributed by atoms with Gasteiger partial charge in [0.1, 0.15) is 5.75 Å². The minimum Gasteiger partial charge on any atom is -0.496 e. The number of benzene rings is 1. The molecule has 114 valence electrons. The van der Waals surface area contributed by atoms with Crippen molar-refractivity contribution in [1.82, 2.24) is 5.32 Å². The summed E-state index contributed by atoms with van der Waals surface area (Å²) in [6.45, 7) is 10.9. The van der Waals surface area contributed by atoms with Crippen LogP contribution in [0.3, 0.4) is 0 Å². The normalized spacial score (nSPS) is 14.0. The van der Waals surface area contributed by atoms with Gasteiger partial charge in [-0.15, -0.1) is 11.3 Å². The summed E-state index contributed by atoms with van der Waals surface area (Å²) in [6, 6.07) is 9.20. The number of nitrogens with one attached hydrogen (secondary N) is 1. The van der Waals surface area contributed by atoms with Crippen LogP contribution in [0.1, 0.15) is 52.4 Å². The van der Waals surface area contributed by atoms with Crippen LogP contribution in [0.5, 0.6) is 5.75 Å². The van der Waals surface area contributed by atoms with Crippen molar-refractivity contribution in [2.45, 2.75) is 46.7 Å². The van der Waals surface area contributed by atoms with Crippen molar-refractivity contribution < 1.29 is 4.74 Å². The molecule has 0 saturated heterocycles. The highest BCUT2D eigenvalue weighted by Gasteiger charge is 2.17. The third-order valence-electron chi connectivity index (χ3n) is 3.90. The molecule has 2 aromatic rings. The average molecular weight is 303 g/mol. The van der Waals surface area contributed by atoms with Gasteiger partial charge in [-0.25, -0.2) is 0 Å². The fourth-order valence-electron chi connectivity index (χ4n) is 2.83. The first kappa shape index (κ1) is 16.1. The lowest BCUT2D eigenvalue weighted by Gasteiger charge is -2.22. The molecule has 2 unspecified atom stereocenters. The van der Waals surface area contributed by atoms with Gasteiger partial charge in [0.2, 0.25) is 0 Å². The first-order valence-electron chi connectivity index (χ1n) is 7.40. The quantitative estimate of drug-likeness (QED) is 0.830. The van der Waals surface area contributed by atoms with Crippen LogP contribution in [0.25, 0.3) is 0 Å². The largest absolute Gasteiger partial charge is 0.496 e. The number of aryl methyl sites for hydroxylation is 3. The summed E-state index contributed by atoms with van der Waals surface area (Å²) in [5.74, 6) is 0.950. The fraction of sp³-hybridized carbons (Fsp3) is 0.444. The Hall–Kier alpha value is -1.32. The topological polar surface area (TPSA) is 21.3 Å². The van der Waals surface area contributed by atoms with E-state index in [1.54, 1.807) is 7.11 Å². The van der Waals surface area contributed by atoms with E-state index in [1.807, 2.05) is 17.4 Å². The number of hydrogen-bond acceptors (Lipinski definition) is 3. The van der Waals surface area contributed by atoms with E-state index in [2.05, 4.69) is 58.1 Å². The van der Waals surface area contributed by atoms with Crippen LogP contribution in [-0.4, -0.2) is 7.11 Å². The molecule has 21 heavy (non-hydrogen) atoms. The Kier molecular flexibility index (Phi) is 5.07. The van der Waals surface area contributed by atoms with Crippen molar-refractivity contribution in [3.05, 3.63) is 50.7 Å². The smallest absolute Gasteiger partial charge is 0.123 e. The fourth-order valence-corrected chi connectivity index (χ4v) is 3.85. The Morgan fingerprint density at radius 2 is 1.67 bits per heavy atom. The standard InChI is InChI=1S/C18H25NOS/c1-11-7-8-18(20-6)17(9-11)14(4)19-13(3)16-10-12(2)21-15(16)5/h7-10,13-14,19H,1-6H3.